The van der Waals surface area contributed by atoms with Gasteiger partial charge < -0.3 is 15.1 Å². The first-order chi connectivity index (χ1) is 18.8. The number of nitrogens with zero attached hydrogens (tertiary/aromatic N) is 4. The van der Waals surface area contributed by atoms with Gasteiger partial charge in [0.1, 0.15) is 11.5 Å². The van der Waals surface area contributed by atoms with Crippen LogP contribution < -0.4 is 10.6 Å². The van der Waals surface area contributed by atoms with Gasteiger partial charge in [0.15, 0.2) is 0 Å². The molecule has 2 aromatic carbocycles. The predicted molar refractivity (Wildman–Crippen MR) is 158 cm³/mol. The molecule has 1 fully saturated rings. The minimum atomic E-state index is -0.492. The van der Waals surface area contributed by atoms with Crippen LogP contribution in [0.2, 0.25) is 10.0 Å². The largest absolute Gasteiger partial charge is 0.341 e. The Bertz CT molecular complexity index is 1490. The van der Waals surface area contributed by atoms with Crippen molar-refractivity contribution in [3.8, 4) is 16.3 Å². The van der Waals surface area contributed by atoms with Crippen molar-refractivity contribution < 1.29 is 9.59 Å². The highest BCUT2D eigenvalue weighted by molar-refractivity contribution is 7.13. The number of nitrogens with one attached hydrogen (secondary N) is 2. The van der Waals surface area contributed by atoms with Crippen molar-refractivity contribution in [2.24, 2.45) is 0 Å². The highest BCUT2D eigenvalue weighted by atomic mass is 35.5. The summed E-state index contributed by atoms with van der Waals surface area (Å²) >= 11 is 13.9. The van der Waals surface area contributed by atoms with Crippen molar-refractivity contribution in [1.82, 2.24) is 19.6 Å². The van der Waals surface area contributed by atoms with E-state index in [4.69, 9.17) is 28.3 Å². The van der Waals surface area contributed by atoms with Gasteiger partial charge in [-0.15, -0.1) is 11.3 Å². The van der Waals surface area contributed by atoms with Gasteiger partial charge >= 0.3 is 6.03 Å². The second-order valence-corrected chi connectivity index (χ2v) is 11.3. The van der Waals surface area contributed by atoms with Gasteiger partial charge in [0.05, 0.1) is 32.7 Å². The third-order valence-corrected chi connectivity index (χ3v) is 8.39. The van der Waals surface area contributed by atoms with Gasteiger partial charge in [-0.25, -0.2) is 9.48 Å². The van der Waals surface area contributed by atoms with Crippen molar-refractivity contribution in [2.75, 3.05) is 37.8 Å². The first kappa shape index (κ1) is 27.2. The van der Waals surface area contributed by atoms with E-state index in [0.717, 1.165) is 41.3 Å². The molecule has 3 heterocycles. The Morgan fingerprint density at radius 2 is 1.90 bits per heavy atom. The van der Waals surface area contributed by atoms with E-state index in [9.17, 15) is 9.59 Å². The lowest BCUT2D eigenvalue weighted by molar-refractivity contribution is -0.129. The molecule has 0 aliphatic carbocycles. The number of hydrogen-bond acceptors (Lipinski definition) is 5. The lowest BCUT2D eigenvalue weighted by Crippen LogP contribution is -2.35. The average Bonchev–Trinajstić information content (AvgIpc) is 3.68. The lowest BCUT2D eigenvalue weighted by atomic mass is 10.1. The number of hydrogen-bond donors (Lipinski definition) is 2. The fourth-order valence-electron chi connectivity index (χ4n) is 4.56. The van der Waals surface area contributed by atoms with Crippen LogP contribution in [-0.4, -0.2) is 64.7 Å². The van der Waals surface area contributed by atoms with Gasteiger partial charge in [-0.3, -0.25) is 10.1 Å². The molecule has 202 valence electrons. The Morgan fingerprint density at radius 3 is 2.64 bits per heavy atom. The standard InChI is InChI=1S/C28H28Cl2N6O2S/c1-34(2)20-11-12-35(17-20)26(37)15-18-6-3-7-19(14-18)36-25(16-23(33-36)24-10-5-13-39-24)32-28(38)31-22-9-4-8-21(29)27(22)30/h3-10,13-14,16,20H,11-12,15,17H2,1-2H3,(H2,31,32,38). The van der Waals surface area contributed by atoms with E-state index in [-0.39, 0.29) is 10.9 Å². The van der Waals surface area contributed by atoms with Crippen LogP contribution >= 0.6 is 34.5 Å². The van der Waals surface area contributed by atoms with Gasteiger partial charge in [-0.2, -0.15) is 5.10 Å². The monoisotopic (exact) mass is 582 g/mol. The molecule has 1 atom stereocenters. The highest BCUT2D eigenvalue weighted by Gasteiger charge is 2.27. The number of rotatable bonds is 7. The average molecular weight is 584 g/mol. The zero-order chi connectivity index (χ0) is 27.5. The van der Waals surface area contributed by atoms with E-state index in [1.807, 2.05) is 66.8 Å². The first-order valence-electron chi connectivity index (χ1n) is 12.5. The number of amides is 3. The molecule has 4 aromatic rings. The highest BCUT2D eigenvalue weighted by Crippen LogP contribution is 2.31. The second kappa shape index (κ2) is 11.8. The zero-order valence-corrected chi connectivity index (χ0v) is 23.9. The van der Waals surface area contributed by atoms with Crippen molar-refractivity contribution in [3.63, 3.8) is 0 Å². The molecule has 0 saturated carbocycles. The number of urea groups is 1. The van der Waals surface area contributed by atoms with Crippen LogP contribution in [0, 0.1) is 0 Å². The van der Waals surface area contributed by atoms with Gasteiger partial charge in [0, 0.05) is 25.2 Å². The van der Waals surface area contributed by atoms with Gasteiger partial charge in [-0.05, 0) is 61.8 Å². The van der Waals surface area contributed by atoms with Crippen LogP contribution in [0.25, 0.3) is 16.3 Å². The molecule has 8 nitrogen and oxygen atoms in total. The van der Waals surface area contributed by atoms with Crippen LogP contribution in [0.4, 0.5) is 16.3 Å². The number of halogens is 2. The lowest BCUT2D eigenvalue weighted by Gasteiger charge is -2.20. The molecule has 1 aliphatic heterocycles. The predicted octanol–water partition coefficient (Wildman–Crippen LogP) is 6.26. The molecule has 1 aliphatic rings. The molecular weight excluding hydrogens is 555 g/mol. The third kappa shape index (κ3) is 6.28. The normalized spacial score (nSPS) is 15.1. The van der Waals surface area contributed by atoms with E-state index in [2.05, 4.69) is 15.5 Å². The molecule has 2 aromatic heterocycles. The quantitative estimate of drug-likeness (QED) is 0.269. The first-order valence-corrected chi connectivity index (χ1v) is 14.1. The Morgan fingerprint density at radius 1 is 1.08 bits per heavy atom. The van der Waals surface area contributed by atoms with E-state index in [1.54, 1.807) is 34.2 Å². The number of thiophene rings is 1. The number of carbonyl (C=O) groups is 2. The molecule has 1 saturated heterocycles. The van der Waals surface area contributed by atoms with Crippen LogP contribution in [0.5, 0.6) is 0 Å². The molecule has 39 heavy (non-hydrogen) atoms. The summed E-state index contributed by atoms with van der Waals surface area (Å²) in [6, 6.07) is 18.3. The number of benzene rings is 2. The summed E-state index contributed by atoms with van der Waals surface area (Å²) in [5.41, 5.74) is 2.71. The maximum atomic E-state index is 13.0. The fourth-order valence-corrected chi connectivity index (χ4v) is 5.59. The summed E-state index contributed by atoms with van der Waals surface area (Å²) in [5, 5.41) is 13.0. The molecule has 0 spiro atoms. The van der Waals surface area contributed by atoms with Gasteiger partial charge in [0.25, 0.3) is 0 Å². The minimum absolute atomic E-state index is 0.104. The zero-order valence-electron chi connectivity index (χ0n) is 21.5. The summed E-state index contributed by atoms with van der Waals surface area (Å²) in [6.07, 6.45) is 1.28. The van der Waals surface area contributed by atoms with Crippen LogP contribution in [0.1, 0.15) is 12.0 Å². The third-order valence-electron chi connectivity index (χ3n) is 6.68. The summed E-state index contributed by atoms with van der Waals surface area (Å²) in [5.74, 6) is 0.568. The molecule has 11 heteroatoms. The van der Waals surface area contributed by atoms with Crippen LogP contribution in [0.15, 0.2) is 66.0 Å². The van der Waals surface area contributed by atoms with E-state index >= 15 is 0 Å². The van der Waals surface area contributed by atoms with E-state index in [1.165, 1.54) is 0 Å². The Labute approximate surface area is 241 Å². The van der Waals surface area contributed by atoms with Crippen LogP contribution in [0.3, 0.4) is 0 Å². The number of anilines is 2. The van der Waals surface area contributed by atoms with E-state index in [0.29, 0.717) is 29.0 Å². The Balaban J connectivity index is 1.38. The number of carbonyl (C=O) groups excluding carboxylic acids is 2. The van der Waals surface area contributed by atoms with Crippen LogP contribution in [-0.2, 0) is 11.2 Å². The minimum Gasteiger partial charge on any atom is -0.341 e. The van der Waals surface area contributed by atoms with Crippen molar-refractivity contribution >= 4 is 58.0 Å². The number of likely N-dealkylation sites (tertiary alicyclic amines) is 1. The molecule has 5 rings (SSSR count). The molecule has 2 N–H and O–H groups in total. The summed E-state index contributed by atoms with van der Waals surface area (Å²) in [4.78, 5) is 31.0. The molecule has 0 bridgehead atoms. The maximum absolute atomic E-state index is 13.0. The van der Waals surface area contributed by atoms with Crippen molar-refractivity contribution in [2.45, 2.75) is 18.9 Å². The molecule has 3 amide bonds. The second-order valence-electron chi connectivity index (χ2n) is 9.58. The maximum Gasteiger partial charge on any atom is 0.324 e. The summed E-state index contributed by atoms with van der Waals surface area (Å²) in [7, 11) is 4.10. The van der Waals surface area contributed by atoms with E-state index < -0.39 is 6.03 Å². The van der Waals surface area contributed by atoms with Crippen molar-refractivity contribution in [3.05, 3.63) is 81.7 Å². The molecular formula is C28H28Cl2N6O2S. The number of aromatic nitrogens is 2. The smallest absolute Gasteiger partial charge is 0.324 e. The van der Waals surface area contributed by atoms with Crippen molar-refractivity contribution in [1.29, 1.82) is 0 Å². The molecule has 1 unspecified atom stereocenters. The SMILES string of the molecule is CN(C)C1CCN(C(=O)Cc2cccc(-n3nc(-c4cccs4)cc3NC(=O)Nc3cccc(Cl)c3Cl)c2)C1. The number of likely N-dealkylation sites (N-methyl/N-ethyl adjacent to an activating group) is 1. The summed E-state index contributed by atoms with van der Waals surface area (Å²) in [6.45, 7) is 1.51. The Kier molecular flexibility index (Phi) is 8.23. The Hall–Kier alpha value is -3.37. The fraction of sp³-hybridized carbons (Fsp3) is 0.250. The summed E-state index contributed by atoms with van der Waals surface area (Å²) < 4.78 is 1.67. The topological polar surface area (TPSA) is 82.5 Å². The molecule has 0 radical (unpaired) electrons. The van der Waals surface area contributed by atoms with Gasteiger partial charge in [0.2, 0.25) is 5.91 Å². The van der Waals surface area contributed by atoms with Gasteiger partial charge in [-0.1, -0.05) is 47.5 Å².